The highest BCUT2D eigenvalue weighted by molar-refractivity contribution is 7.14. The summed E-state index contributed by atoms with van der Waals surface area (Å²) >= 11 is 1.52. The molecule has 3 nitrogen and oxygen atoms in total. The van der Waals surface area contributed by atoms with Crippen LogP contribution in [0.15, 0.2) is 24.3 Å². The predicted octanol–water partition coefficient (Wildman–Crippen LogP) is 2.88. The number of rotatable bonds is 5. The molecule has 1 N–H and O–H groups in total. The standard InChI is InChI=1S/C13H16FN3S/c1-9(2)15-7-6-12-16-17-13(18-12)10-4-3-5-11(14)8-10/h3-5,8-9,15H,6-7H2,1-2H3. The van der Waals surface area contributed by atoms with Gasteiger partial charge in [0.25, 0.3) is 0 Å². The predicted molar refractivity (Wildman–Crippen MR) is 72.1 cm³/mol. The number of aromatic nitrogens is 2. The first-order chi connectivity index (χ1) is 8.65. The van der Waals surface area contributed by atoms with Gasteiger partial charge in [0.05, 0.1) is 0 Å². The van der Waals surface area contributed by atoms with Crippen molar-refractivity contribution in [1.29, 1.82) is 0 Å². The summed E-state index contributed by atoms with van der Waals surface area (Å²) in [4.78, 5) is 0. The molecular formula is C13H16FN3S. The van der Waals surface area contributed by atoms with Crippen molar-refractivity contribution < 1.29 is 4.39 Å². The van der Waals surface area contributed by atoms with Crippen LogP contribution in [0.1, 0.15) is 18.9 Å². The minimum Gasteiger partial charge on any atom is -0.314 e. The van der Waals surface area contributed by atoms with Crippen molar-refractivity contribution in [3.8, 4) is 10.6 Å². The molecule has 18 heavy (non-hydrogen) atoms. The first kappa shape index (κ1) is 13.1. The molecular weight excluding hydrogens is 249 g/mol. The van der Waals surface area contributed by atoms with E-state index in [-0.39, 0.29) is 5.82 Å². The minimum absolute atomic E-state index is 0.245. The first-order valence-electron chi connectivity index (χ1n) is 5.97. The lowest BCUT2D eigenvalue weighted by Gasteiger charge is -2.05. The van der Waals surface area contributed by atoms with E-state index >= 15 is 0 Å². The molecule has 0 fully saturated rings. The monoisotopic (exact) mass is 265 g/mol. The van der Waals surface area contributed by atoms with E-state index in [4.69, 9.17) is 0 Å². The van der Waals surface area contributed by atoms with Crippen molar-refractivity contribution in [2.45, 2.75) is 26.3 Å². The Morgan fingerprint density at radius 1 is 1.33 bits per heavy atom. The summed E-state index contributed by atoms with van der Waals surface area (Å²) < 4.78 is 13.1. The summed E-state index contributed by atoms with van der Waals surface area (Å²) in [6, 6.07) is 6.92. The topological polar surface area (TPSA) is 37.8 Å². The smallest absolute Gasteiger partial charge is 0.147 e. The van der Waals surface area contributed by atoms with Crippen LogP contribution in [0.25, 0.3) is 10.6 Å². The highest BCUT2D eigenvalue weighted by Gasteiger charge is 2.07. The Bertz CT molecular complexity index is 510. The zero-order valence-corrected chi connectivity index (χ0v) is 11.3. The van der Waals surface area contributed by atoms with Crippen LogP contribution in [0.2, 0.25) is 0 Å². The van der Waals surface area contributed by atoms with Crippen LogP contribution >= 0.6 is 11.3 Å². The van der Waals surface area contributed by atoms with Crippen LogP contribution in [0.5, 0.6) is 0 Å². The molecule has 0 saturated heterocycles. The third-order valence-corrected chi connectivity index (χ3v) is 3.46. The lowest BCUT2D eigenvalue weighted by molar-refractivity contribution is 0.588. The van der Waals surface area contributed by atoms with E-state index in [1.807, 2.05) is 6.07 Å². The van der Waals surface area contributed by atoms with Gasteiger partial charge in [-0.15, -0.1) is 10.2 Å². The maximum absolute atomic E-state index is 13.1. The Morgan fingerprint density at radius 3 is 2.89 bits per heavy atom. The van der Waals surface area contributed by atoms with E-state index in [9.17, 15) is 4.39 Å². The summed E-state index contributed by atoms with van der Waals surface area (Å²) in [7, 11) is 0. The second-order valence-electron chi connectivity index (χ2n) is 4.37. The van der Waals surface area contributed by atoms with Crippen molar-refractivity contribution in [3.63, 3.8) is 0 Å². The van der Waals surface area contributed by atoms with E-state index in [2.05, 4.69) is 29.4 Å². The lowest BCUT2D eigenvalue weighted by atomic mass is 10.2. The average Bonchev–Trinajstić information content (AvgIpc) is 2.77. The van der Waals surface area contributed by atoms with Crippen LogP contribution in [-0.2, 0) is 6.42 Å². The summed E-state index contributed by atoms with van der Waals surface area (Å²) in [6.45, 7) is 5.10. The van der Waals surface area contributed by atoms with Crippen LogP contribution in [0.4, 0.5) is 4.39 Å². The molecule has 0 spiro atoms. The van der Waals surface area contributed by atoms with Gasteiger partial charge in [-0.2, -0.15) is 0 Å². The van der Waals surface area contributed by atoms with Gasteiger partial charge >= 0.3 is 0 Å². The van der Waals surface area contributed by atoms with Gasteiger partial charge in [-0.25, -0.2) is 4.39 Å². The zero-order chi connectivity index (χ0) is 13.0. The fourth-order valence-electron chi connectivity index (χ4n) is 1.56. The summed E-state index contributed by atoms with van der Waals surface area (Å²) in [5.41, 5.74) is 0.788. The Balaban J connectivity index is 2.02. The van der Waals surface area contributed by atoms with Crippen molar-refractivity contribution in [3.05, 3.63) is 35.1 Å². The zero-order valence-electron chi connectivity index (χ0n) is 10.5. The normalized spacial score (nSPS) is 11.1. The number of hydrogen-bond acceptors (Lipinski definition) is 4. The molecule has 1 aromatic carbocycles. The van der Waals surface area contributed by atoms with Gasteiger partial charge in [-0.05, 0) is 12.1 Å². The van der Waals surface area contributed by atoms with E-state index in [0.717, 1.165) is 28.5 Å². The summed E-state index contributed by atoms with van der Waals surface area (Å²) in [5, 5.41) is 13.3. The molecule has 0 amide bonds. The molecule has 0 atom stereocenters. The fraction of sp³-hybridized carbons (Fsp3) is 0.385. The third-order valence-electron chi connectivity index (χ3n) is 2.43. The van der Waals surface area contributed by atoms with Crippen LogP contribution in [0.3, 0.4) is 0 Å². The molecule has 0 aliphatic heterocycles. The van der Waals surface area contributed by atoms with Crippen molar-refractivity contribution in [2.24, 2.45) is 0 Å². The molecule has 0 radical (unpaired) electrons. The fourth-order valence-corrected chi connectivity index (χ4v) is 2.40. The van der Waals surface area contributed by atoms with Gasteiger partial charge in [-0.3, -0.25) is 0 Å². The highest BCUT2D eigenvalue weighted by atomic mass is 32.1. The summed E-state index contributed by atoms with van der Waals surface area (Å²) in [5.74, 6) is -0.245. The number of benzene rings is 1. The van der Waals surface area contributed by atoms with Gasteiger partial charge in [0.2, 0.25) is 0 Å². The van der Waals surface area contributed by atoms with E-state index in [1.54, 1.807) is 6.07 Å². The average molecular weight is 265 g/mol. The Morgan fingerprint density at radius 2 is 2.17 bits per heavy atom. The highest BCUT2D eigenvalue weighted by Crippen LogP contribution is 2.23. The molecule has 0 aliphatic carbocycles. The Hall–Kier alpha value is -1.33. The minimum atomic E-state index is -0.245. The number of halogens is 1. The maximum Gasteiger partial charge on any atom is 0.147 e. The van der Waals surface area contributed by atoms with Gasteiger partial charge in [0, 0.05) is 24.6 Å². The van der Waals surface area contributed by atoms with Gasteiger partial charge in [-0.1, -0.05) is 37.3 Å². The van der Waals surface area contributed by atoms with Gasteiger partial charge in [0.1, 0.15) is 15.8 Å². The Kier molecular flexibility index (Phi) is 4.38. The maximum atomic E-state index is 13.1. The van der Waals surface area contributed by atoms with Crippen LogP contribution in [-0.4, -0.2) is 22.8 Å². The van der Waals surface area contributed by atoms with Crippen molar-refractivity contribution in [1.82, 2.24) is 15.5 Å². The number of hydrogen-bond donors (Lipinski definition) is 1. The molecule has 0 saturated carbocycles. The quantitative estimate of drug-likeness (QED) is 0.903. The molecule has 0 bridgehead atoms. The number of nitrogens with one attached hydrogen (secondary N) is 1. The Labute approximate surface area is 110 Å². The SMILES string of the molecule is CC(C)NCCc1nnc(-c2cccc(F)c2)s1. The van der Waals surface area contributed by atoms with Crippen LogP contribution < -0.4 is 5.32 Å². The molecule has 0 aliphatic rings. The molecule has 1 aromatic heterocycles. The second-order valence-corrected chi connectivity index (χ2v) is 5.43. The molecule has 2 aromatic rings. The van der Waals surface area contributed by atoms with Gasteiger partial charge in [0.15, 0.2) is 0 Å². The third kappa shape index (κ3) is 3.58. The van der Waals surface area contributed by atoms with Crippen LogP contribution in [0, 0.1) is 5.82 Å². The van der Waals surface area contributed by atoms with E-state index in [0.29, 0.717) is 6.04 Å². The number of nitrogens with zero attached hydrogens (tertiary/aromatic N) is 2. The first-order valence-corrected chi connectivity index (χ1v) is 6.78. The van der Waals surface area contributed by atoms with Crippen molar-refractivity contribution >= 4 is 11.3 Å². The largest absolute Gasteiger partial charge is 0.314 e. The molecule has 0 unspecified atom stereocenters. The molecule has 1 heterocycles. The molecule has 2 rings (SSSR count). The summed E-state index contributed by atoms with van der Waals surface area (Å²) in [6.07, 6.45) is 0.852. The molecule has 96 valence electrons. The molecule has 5 heteroatoms. The van der Waals surface area contributed by atoms with Crippen molar-refractivity contribution in [2.75, 3.05) is 6.54 Å². The van der Waals surface area contributed by atoms with Gasteiger partial charge < -0.3 is 5.32 Å². The van der Waals surface area contributed by atoms with E-state index < -0.39 is 0 Å². The second kappa shape index (κ2) is 6.02. The lowest BCUT2D eigenvalue weighted by Crippen LogP contribution is -2.24. The van der Waals surface area contributed by atoms with E-state index in [1.165, 1.54) is 23.5 Å².